The summed E-state index contributed by atoms with van der Waals surface area (Å²) >= 11 is 1.64. The van der Waals surface area contributed by atoms with E-state index in [4.69, 9.17) is 5.73 Å². The topological polar surface area (TPSA) is 64.7 Å². The van der Waals surface area contributed by atoms with Gasteiger partial charge < -0.3 is 5.73 Å². The van der Waals surface area contributed by atoms with Gasteiger partial charge in [-0.15, -0.1) is 11.3 Å². The first-order chi connectivity index (χ1) is 8.86. The molecule has 0 aliphatic heterocycles. The predicted molar refractivity (Wildman–Crippen MR) is 73.4 cm³/mol. The van der Waals surface area contributed by atoms with E-state index < -0.39 is 0 Å². The Balaban J connectivity index is 2.02. The van der Waals surface area contributed by atoms with Gasteiger partial charge in [-0.05, 0) is 24.7 Å². The largest absolute Gasteiger partial charge is 0.330 e. The fourth-order valence-electron chi connectivity index (χ4n) is 1.80. The van der Waals surface area contributed by atoms with Gasteiger partial charge in [-0.25, -0.2) is 4.98 Å². The molecule has 2 aromatic heterocycles. The van der Waals surface area contributed by atoms with E-state index >= 15 is 0 Å². The van der Waals surface area contributed by atoms with Crippen LogP contribution in [0.5, 0.6) is 0 Å². The predicted octanol–water partition coefficient (Wildman–Crippen LogP) is 2.25. The quantitative estimate of drug-likeness (QED) is 0.780. The average Bonchev–Trinajstić information content (AvgIpc) is 2.87. The Kier molecular flexibility index (Phi) is 3.00. The molecule has 0 bridgehead atoms. The second-order valence-electron chi connectivity index (χ2n) is 3.94. The van der Waals surface area contributed by atoms with Gasteiger partial charge in [0.25, 0.3) is 0 Å². The van der Waals surface area contributed by atoms with Crippen LogP contribution in [-0.4, -0.2) is 21.5 Å². The van der Waals surface area contributed by atoms with Crippen LogP contribution < -0.4 is 5.73 Å². The fraction of sp³-hybridized carbons (Fsp3) is 0.154. The molecule has 0 aliphatic rings. The summed E-state index contributed by atoms with van der Waals surface area (Å²) in [6.45, 7) is 0.631. The Bertz CT molecular complexity index is 677. The molecule has 0 aliphatic carbocycles. The molecule has 5 heteroatoms. The van der Waals surface area contributed by atoms with Crippen molar-refractivity contribution in [2.24, 2.45) is 5.73 Å². The van der Waals surface area contributed by atoms with Crippen LogP contribution in [-0.2, 0) is 6.42 Å². The van der Waals surface area contributed by atoms with Crippen LogP contribution >= 0.6 is 11.3 Å². The first kappa shape index (κ1) is 11.3. The lowest BCUT2D eigenvalue weighted by atomic mass is 10.2. The van der Waals surface area contributed by atoms with E-state index in [2.05, 4.69) is 20.3 Å². The normalized spacial score (nSPS) is 10.9. The maximum Gasteiger partial charge on any atom is 0.123 e. The molecule has 3 aromatic rings. The van der Waals surface area contributed by atoms with Crippen molar-refractivity contribution >= 4 is 22.4 Å². The van der Waals surface area contributed by atoms with Crippen molar-refractivity contribution in [2.75, 3.05) is 6.54 Å². The zero-order chi connectivity index (χ0) is 12.4. The van der Waals surface area contributed by atoms with Crippen LogP contribution in [0, 0.1) is 0 Å². The van der Waals surface area contributed by atoms with E-state index in [9.17, 15) is 0 Å². The maximum absolute atomic E-state index is 5.53. The molecule has 1 aromatic carbocycles. The summed E-state index contributed by atoms with van der Waals surface area (Å²) in [4.78, 5) is 13.1. The number of nitrogens with zero attached hydrogens (tertiary/aromatic N) is 3. The summed E-state index contributed by atoms with van der Waals surface area (Å²) in [6.07, 6.45) is 4.22. The lowest BCUT2D eigenvalue weighted by Crippen LogP contribution is -2.02. The molecular formula is C13H12N4S. The molecule has 0 radical (unpaired) electrons. The smallest absolute Gasteiger partial charge is 0.123 e. The second-order valence-corrected chi connectivity index (χ2v) is 4.80. The molecule has 3 rings (SSSR count). The van der Waals surface area contributed by atoms with Crippen molar-refractivity contribution in [1.29, 1.82) is 0 Å². The number of rotatable bonds is 3. The first-order valence-corrected chi connectivity index (χ1v) is 6.60. The van der Waals surface area contributed by atoms with Gasteiger partial charge in [-0.3, -0.25) is 9.97 Å². The minimum absolute atomic E-state index is 0.631. The molecule has 0 atom stereocenters. The van der Waals surface area contributed by atoms with Gasteiger partial charge in [0.15, 0.2) is 0 Å². The van der Waals surface area contributed by atoms with Crippen LogP contribution in [0.25, 0.3) is 21.6 Å². The van der Waals surface area contributed by atoms with Gasteiger partial charge in [0, 0.05) is 29.8 Å². The Morgan fingerprint density at radius 3 is 2.78 bits per heavy atom. The number of hydrogen-bond donors (Lipinski definition) is 1. The molecule has 0 spiro atoms. The van der Waals surface area contributed by atoms with Gasteiger partial charge in [0.05, 0.1) is 16.7 Å². The summed E-state index contributed by atoms with van der Waals surface area (Å²) in [7, 11) is 0. The summed E-state index contributed by atoms with van der Waals surface area (Å²) in [5.41, 5.74) is 9.46. The Hall–Kier alpha value is -1.85. The average molecular weight is 256 g/mol. The van der Waals surface area contributed by atoms with E-state index in [1.54, 1.807) is 23.7 Å². The van der Waals surface area contributed by atoms with E-state index in [0.717, 1.165) is 33.7 Å². The monoisotopic (exact) mass is 256 g/mol. The number of benzene rings is 1. The van der Waals surface area contributed by atoms with Crippen molar-refractivity contribution in [3.05, 3.63) is 41.7 Å². The molecule has 0 saturated carbocycles. The Morgan fingerprint density at radius 2 is 1.94 bits per heavy atom. The Morgan fingerprint density at radius 1 is 1.11 bits per heavy atom. The molecule has 0 unspecified atom stereocenters. The molecule has 0 fully saturated rings. The number of aromatic nitrogens is 3. The summed E-state index contributed by atoms with van der Waals surface area (Å²) in [5, 5.41) is 3.06. The SMILES string of the molecule is NCCc1csc(-c2ccc3nccnc3c2)n1. The third-order valence-corrected chi connectivity index (χ3v) is 3.61. The van der Waals surface area contributed by atoms with E-state index in [0.29, 0.717) is 6.54 Å². The van der Waals surface area contributed by atoms with Crippen LogP contribution in [0.1, 0.15) is 5.69 Å². The van der Waals surface area contributed by atoms with Gasteiger partial charge in [0.2, 0.25) is 0 Å². The van der Waals surface area contributed by atoms with Crippen molar-refractivity contribution in [1.82, 2.24) is 15.0 Å². The van der Waals surface area contributed by atoms with Crippen molar-refractivity contribution < 1.29 is 0 Å². The highest BCUT2D eigenvalue weighted by Gasteiger charge is 2.05. The molecular weight excluding hydrogens is 244 g/mol. The third-order valence-electron chi connectivity index (χ3n) is 2.67. The van der Waals surface area contributed by atoms with Crippen LogP contribution in [0.15, 0.2) is 36.0 Å². The third kappa shape index (κ3) is 2.10. The van der Waals surface area contributed by atoms with E-state index in [1.165, 1.54) is 0 Å². The standard InChI is InChI=1S/C13H12N4S/c14-4-3-10-8-18-13(17-10)9-1-2-11-12(7-9)16-6-5-15-11/h1-2,5-8H,3-4,14H2. The van der Waals surface area contributed by atoms with Gasteiger partial charge in [-0.2, -0.15) is 0 Å². The molecule has 18 heavy (non-hydrogen) atoms. The molecule has 4 nitrogen and oxygen atoms in total. The fourth-order valence-corrected chi connectivity index (χ4v) is 2.65. The minimum atomic E-state index is 0.631. The lowest BCUT2D eigenvalue weighted by molar-refractivity contribution is 0.936. The minimum Gasteiger partial charge on any atom is -0.330 e. The highest BCUT2D eigenvalue weighted by molar-refractivity contribution is 7.13. The molecule has 0 saturated heterocycles. The number of hydrogen-bond acceptors (Lipinski definition) is 5. The van der Waals surface area contributed by atoms with Crippen molar-refractivity contribution in [3.8, 4) is 10.6 Å². The zero-order valence-electron chi connectivity index (χ0n) is 9.71. The number of thiazole rings is 1. The Labute approximate surface area is 109 Å². The van der Waals surface area contributed by atoms with Crippen LogP contribution in [0.2, 0.25) is 0 Å². The molecule has 90 valence electrons. The maximum atomic E-state index is 5.53. The number of fused-ring (bicyclic) bond motifs is 1. The second kappa shape index (κ2) is 4.80. The highest BCUT2D eigenvalue weighted by Crippen LogP contribution is 2.25. The van der Waals surface area contributed by atoms with Crippen LogP contribution in [0.3, 0.4) is 0 Å². The first-order valence-electron chi connectivity index (χ1n) is 5.72. The summed E-state index contributed by atoms with van der Waals surface area (Å²) in [6, 6.07) is 6.02. The summed E-state index contributed by atoms with van der Waals surface area (Å²) in [5.74, 6) is 0. The van der Waals surface area contributed by atoms with Crippen molar-refractivity contribution in [3.63, 3.8) is 0 Å². The molecule has 2 heterocycles. The van der Waals surface area contributed by atoms with Crippen LogP contribution in [0.4, 0.5) is 0 Å². The van der Waals surface area contributed by atoms with Gasteiger partial charge in [-0.1, -0.05) is 0 Å². The molecule has 2 N–H and O–H groups in total. The summed E-state index contributed by atoms with van der Waals surface area (Å²) < 4.78 is 0. The highest BCUT2D eigenvalue weighted by atomic mass is 32.1. The number of nitrogens with two attached hydrogens (primary N) is 1. The van der Waals surface area contributed by atoms with Crippen molar-refractivity contribution in [2.45, 2.75) is 6.42 Å². The van der Waals surface area contributed by atoms with E-state index in [-0.39, 0.29) is 0 Å². The van der Waals surface area contributed by atoms with Gasteiger partial charge >= 0.3 is 0 Å². The zero-order valence-corrected chi connectivity index (χ0v) is 10.5. The van der Waals surface area contributed by atoms with Gasteiger partial charge in [0.1, 0.15) is 5.01 Å². The lowest BCUT2D eigenvalue weighted by Gasteiger charge is -1.99. The van der Waals surface area contributed by atoms with E-state index in [1.807, 2.05) is 18.2 Å². The molecule has 0 amide bonds.